The van der Waals surface area contributed by atoms with Gasteiger partial charge in [0.25, 0.3) is 0 Å². The molecule has 0 radical (unpaired) electrons. The number of fused-ring (bicyclic) bond motifs is 1. The second-order valence-corrected chi connectivity index (χ2v) is 8.46. The van der Waals surface area contributed by atoms with Crippen LogP contribution < -0.4 is 0 Å². The lowest BCUT2D eigenvalue weighted by molar-refractivity contribution is 0.101. The van der Waals surface area contributed by atoms with Gasteiger partial charge < -0.3 is 4.42 Å². The molecule has 0 saturated carbocycles. The van der Waals surface area contributed by atoms with E-state index >= 15 is 0 Å². The van der Waals surface area contributed by atoms with Gasteiger partial charge in [0.1, 0.15) is 11.3 Å². The number of sulfone groups is 1. The summed E-state index contributed by atoms with van der Waals surface area (Å²) < 4.78 is 31.4. The van der Waals surface area contributed by atoms with Crippen LogP contribution in [0, 0.1) is 6.92 Å². The summed E-state index contributed by atoms with van der Waals surface area (Å²) in [7, 11) is -3.46. The molecule has 0 bridgehead atoms. The Morgan fingerprint density at radius 3 is 2.46 bits per heavy atom. The highest BCUT2D eigenvalue weighted by Gasteiger charge is 2.20. The highest BCUT2D eigenvalue weighted by atomic mass is 79.9. The van der Waals surface area contributed by atoms with E-state index in [4.69, 9.17) is 4.42 Å². The number of rotatable bonds is 4. The Balaban J connectivity index is 2.11. The van der Waals surface area contributed by atoms with Crippen molar-refractivity contribution in [2.45, 2.75) is 24.5 Å². The van der Waals surface area contributed by atoms with Crippen molar-refractivity contribution in [1.29, 1.82) is 0 Å². The molecule has 1 aromatic heterocycles. The fourth-order valence-corrected chi connectivity index (χ4v) is 4.72. The largest absolute Gasteiger partial charge is 0.459 e. The van der Waals surface area contributed by atoms with Gasteiger partial charge >= 0.3 is 0 Å². The predicted molar refractivity (Wildman–Crippen MR) is 96.0 cm³/mol. The molecule has 0 saturated heterocycles. The monoisotopic (exact) mass is 406 g/mol. The van der Waals surface area contributed by atoms with E-state index in [1.165, 1.54) is 6.92 Å². The Morgan fingerprint density at radius 1 is 1.17 bits per heavy atom. The quantitative estimate of drug-likeness (QED) is 0.589. The van der Waals surface area contributed by atoms with Crippen molar-refractivity contribution in [3.05, 3.63) is 63.8 Å². The summed E-state index contributed by atoms with van der Waals surface area (Å²) in [5, 5.41) is 0.632. The summed E-state index contributed by atoms with van der Waals surface area (Å²) in [5.74, 6) is 0.273. The minimum atomic E-state index is -3.46. The van der Waals surface area contributed by atoms with Crippen molar-refractivity contribution >= 4 is 42.5 Å². The molecular formula is C18H15BrO4S. The van der Waals surface area contributed by atoms with Crippen LogP contribution in [0.25, 0.3) is 11.0 Å². The normalized spacial score (nSPS) is 11.8. The number of halogens is 1. The number of furan rings is 1. The molecule has 1 heterocycles. The van der Waals surface area contributed by atoms with Crippen LogP contribution in [0.5, 0.6) is 0 Å². The van der Waals surface area contributed by atoms with E-state index in [-0.39, 0.29) is 16.4 Å². The Kier molecular flexibility index (Phi) is 4.36. The smallest absolute Gasteiger partial charge is 0.182 e. The van der Waals surface area contributed by atoms with Crippen LogP contribution in [0.15, 0.2) is 56.2 Å². The van der Waals surface area contributed by atoms with Gasteiger partial charge in [0.2, 0.25) is 0 Å². The maximum Gasteiger partial charge on any atom is 0.182 e. The third-order valence-electron chi connectivity index (χ3n) is 3.79. The van der Waals surface area contributed by atoms with E-state index in [1.54, 1.807) is 49.4 Å². The number of carbonyl (C=O) groups excluding carboxylic acids is 1. The molecule has 3 rings (SSSR count). The van der Waals surface area contributed by atoms with Crippen molar-refractivity contribution in [2.24, 2.45) is 0 Å². The molecule has 24 heavy (non-hydrogen) atoms. The number of hydrogen-bond donors (Lipinski definition) is 0. The van der Waals surface area contributed by atoms with Gasteiger partial charge in [-0.3, -0.25) is 4.79 Å². The topological polar surface area (TPSA) is 64.3 Å². The Bertz CT molecular complexity index is 1030. The number of hydrogen-bond acceptors (Lipinski definition) is 4. The first-order valence-electron chi connectivity index (χ1n) is 7.30. The summed E-state index contributed by atoms with van der Waals surface area (Å²) in [6.07, 6.45) is 0. The van der Waals surface area contributed by atoms with Gasteiger partial charge in [-0.15, -0.1) is 0 Å². The number of ketones is 1. The molecule has 0 aliphatic carbocycles. The van der Waals surface area contributed by atoms with Gasteiger partial charge in [0.05, 0.1) is 20.7 Å². The molecule has 0 atom stereocenters. The van der Waals surface area contributed by atoms with Crippen molar-refractivity contribution in [2.75, 3.05) is 0 Å². The molecule has 0 aliphatic heterocycles. The van der Waals surface area contributed by atoms with Gasteiger partial charge in [-0.25, -0.2) is 8.42 Å². The third kappa shape index (κ3) is 3.03. The molecule has 0 fully saturated rings. The SMILES string of the molecule is CC(=O)c1c(C)oc2c(Br)cc(CS(=O)(=O)c3ccccc3)cc12. The van der Waals surface area contributed by atoms with E-state index in [9.17, 15) is 13.2 Å². The van der Waals surface area contributed by atoms with Gasteiger partial charge in [-0.2, -0.15) is 0 Å². The lowest BCUT2D eigenvalue weighted by Crippen LogP contribution is -2.05. The summed E-state index contributed by atoms with van der Waals surface area (Å²) >= 11 is 3.41. The van der Waals surface area contributed by atoms with E-state index in [0.717, 1.165) is 0 Å². The molecule has 2 aromatic carbocycles. The summed E-state index contributed by atoms with van der Waals surface area (Å²) in [6.45, 7) is 3.20. The van der Waals surface area contributed by atoms with Crippen LogP contribution in [-0.4, -0.2) is 14.2 Å². The average molecular weight is 407 g/mol. The van der Waals surface area contributed by atoms with E-state index in [1.807, 2.05) is 0 Å². The zero-order chi connectivity index (χ0) is 17.5. The maximum absolute atomic E-state index is 12.6. The molecular weight excluding hydrogens is 392 g/mol. The average Bonchev–Trinajstić information content (AvgIpc) is 2.84. The lowest BCUT2D eigenvalue weighted by Gasteiger charge is -2.06. The molecule has 124 valence electrons. The van der Waals surface area contributed by atoms with Crippen LogP contribution in [0.2, 0.25) is 0 Å². The van der Waals surface area contributed by atoms with Crippen molar-refractivity contribution in [3.63, 3.8) is 0 Å². The highest BCUT2D eigenvalue weighted by Crippen LogP contribution is 2.33. The molecule has 6 heteroatoms. The Morgan fingerprint density at radius 2 is 1.83 bits per heavy atom. The standard InChI is InChI=1S/C18H15BrO4S/c1-11(20)17-12(2)23-18-15(17)8-13(9-16(18)19)10-24(21,22)14-6-4-3-5-7-14/h3-9H,10H2,1-2H3. The van der Waals surface area contributed by atoms with E-state index < -0.39 is 9.84 Å². The third-order valence-corrected chi connectivity index (χ3v) is 6.08. The number of benzene rings is 2. The van der Waals surface area contributed by atoms with Crippen molar-refractivity contribution < 1.29 is 17.6 Å². The predicted octanol–water partition coefficient (Wildman–Crippen LogP) is 4.68. The van der Waals surface area contributed by atoms with Crippen molar-refractivity contribution in [3.8, 4) is 0 Å². The van der Waals surface area contributed by atoms with Gasteiger partial charge in [0.15, 0.2) is 15.6 Å². The van der Waals surface area contributed by atoms with Crippen LogP contribution >= 0.6 is 15.9 Å². The minimum Gasteiger partial charge on any atom is -0.459 e. The second-order valence-electron chi connectivity index (χ2n) is 5.62. The van der Waals surface area contributed by atoms with E-state index in [2.05, 4.69) is 15.9 Å². The van der Waals surface area contributed by atoms with Gasteiger partial charge in [-0.1, -0.05) is 18.2 Å². The number of Topliss-reactive ketones (excluding diaryl/α,β-unsaturated/α-hetero) is 1. The molecule has 0 N–H and O–H groups in total. The highest BCUT2D eigenvalue weighted by molar-refractivity contribution is 9.10. The lowest BCUT2D eigenvalue weighted by atomic mass is 10.1. The summed E-state index contributed by atoms with van der Waals surface area (Å²) in [5.41, 5.74) is 1.64. The molecule has 0 spiro atoms. The molecule has 0 amide bonds. The molecule has 4 nitrogen and oxygen atoms in total. The Labute approximate surface area is 148 Å². The minimum absolute atomic E-state index is 0.110. The molecule has 0 aliphatic rings. The fourth-order valence-electron chi connectivity index (χ4n) is 2.78. The molecule has 3 aromatic rings. The number of aryl methyl sites for hydroxylation is 1. The van der Waals surface area contributed by atoms with Gasteiger partial charge in [0, 0.05) is 5.39 Å². The summed E-state index contributed by atoms with van der Waals surface area (Å²) in [6, 6.07) is 11.7. The zero-order valence-corrected chi connectivity index (χ0v) is 15.6. The number of carbonyl (C=O) groups is 1. The first-order valence-corrected chi connectivity index (χ1v) is 9.74. The molecule has 0 unspecified atom stereocenters. The van der Waals surface area contributed by atoms with Crippen molar-refractivity contribution in [1.82, 2.24) is 0 Å². The Hall–Kier alpha value is -1.92. The van der Waals surface area contributed by atoms with Gasteiger partial charge in [-0.05, 0) is 59.6 Å². The van der Waals surface area contributed by atoms with Crippen LogP contribution in [0.4, 0.5) is 0 Å². The van der Waals surface area contributed by atoms with Crippen LogP contribution in [-0.2, 0) is 15.6 Å². The van der Waals surface area contributed by atoms with E-state index in [0.29, 0.717) is 32.3 Å². The van der Waals surface area contributed by atoms with Crippen LogP contribution in [0.3, 0.4) is 0 Å². The second kappa shape index (κ2) is 6.18. The maximum atomic E-state index is 12.6. The first kappa shape index (κ1) is 16.9. The fraction of sp³-hybridized carbons (Fsp3) is 0.167. The zero-order valence-electron chi connectivity index (χ0n) is 13.2. The van der Waals surface area contributed by atoms with Crippen LogP contribution in [0.1, 0.15) is 28.6 Å². The first-order chi connectivity index (χ1) is 11.3. The summed E-state index contributed by atoms with van der Waals surface area (Å²) in [4.78, 5) is 12.2.